The molecule has 0 aromatic rings. The lowest BCUT2D eigenvalue weighted by molar-refractivity contribution is -0.104. The maximum absolute atomic E-state index is 10.0. The SMILES string of the molecule is C=C/C(C=O)=C\N=CC. The molecule has 0 saturated heterocycles. The lowest BCUT2D eigenvalue weighted by atomic mass is 10.3. The van der Waals surface area contributed by atoms with Crippen molar-refractivity contribution in [3.63, 3.8) is 0 Å². The van der Waals surface area contributed by atoms with Gasteiger partial charge in [-0.3, -0.25) is 9.79 Å². The summed E-state index contributed by atoms with van der Waals surface area (Å²) in [5.41, 5.74) is 0.494. The number of aliphatic imine (C=N–C) groups is 1. The Labute approximate surface area is 54.6 Å². The molecule has 0 fully saturated rings. The van der Waals surface area contributed by atoms with E-state index < -0.39 is 0 Å². The lowest BCUT2D eigenvalue weighted by Crippen LogP contribution is -1.74. The fourth-order valence-corrected chi connectivity index (χ4v) is 0.292. The standard InChI is InChI=1S/C7H9NO/c1-3-7(6-9)5-8-4-2/h3-6H,1H2,2H3/b7-5+,8-4?. The van der Waals surface area contributed by atoms with E-state index in [1.54, 1.807) is 13.1 Å². The molecule has 0 aliphatic carbocycles. The summed E-state index contributed by atoms with van der Waals surface area (Å²) in [5.74, 6) is 0. The van der Waals surface area contributed by atoms with Gasteiger partial charge in [-0.1, -0.05) is 12.7 Å². The van der Waals surface area contributed by atoms with Gasteiger partial charge in [-0.2, -0.15) is 0 Å². The molecule has 0 unspecified atom stereocenters. The number of nitrogens with zero attached hydrogens (tertiary/aromatic N) is 1. The van der Waals surface area contributed by atoms with Crippen LogP contribution in [0.2, 0.25) is 0 Å². The minimum absolute atomic E-state index is 0.494. The van der Waals surface area contributed by atoms with Gasteiger partial charge in [0.1, 0.15) is 0 Å². The highest BCUT2D eigenvalue weighted by atomic mass is 16.1. The van der Waals surface area contributed by atoms with Crippen LogP contribution in [0.5, 0.6) is 0 Å². The Morgan fingerprint density at radius 1 is 1.67 bits per heavy atom. The molecule has 0 aliphatic rings. The molecule has 0 saturated carbocycles. The smallest absolute Gasteiger partial charge is 0.151 e. The second-order valence-electron chi connectivity index (χ2n) is 1.36. The summed E-state index contributed by atoms with van der Waals surface area (Å²) in [5, 5.41) is 0. The monoisotopic (exact) mass is 123 g/mol. The average Bonchev–Trinajstić information content (AvgIpc) is 1.91. The number of carbonyl (C=O) groups excluding carboxylic acids is 1. The highest BCUT2D eigenvalue weighted by Gasteiger charge is 1.80. The van der Waals surface area contributed by atoms with Crippen molar-refractivity contribution in [2.75, 3.05) is 0 Å². The second kappa shape index (κ2) is 4.97. The fraction of sp³-hybridized carbons (Fsp3) is 0.143. The molecule has 0 bridgehead atoms. The highest BCUT2D eigenvalue weighted by molar-refractivity contribution is 5.77. The van der Waals surface area contributed by atoms with E-state index in [2.05, 4.69) is 11.6 Å². The van der Waals surface area contributed by atoms with Crippen LogP contribution < -0.4 is 0 Å². The predicted molar refractivity (Wildman–Crippen MR) is 38.5 cm³/mol. The molecule has 48 valence electrons. The molecule has 0 heterocycles. The fourth-order valence-electron chi connectivity index (χ4n) is 0.292. The first-order chi connectivity index (χ1) is 4.35. The normalized spacial score (nSPS) is 11.9. The van der Waals surface area contributed by atoms with Crippen molar-refractivity contribution in [3.8, 4) is 0 Å². The molecule has 0 amide bonds. The Morgan fingerprint density at radius 3 is 2.67 bits per heavy atom. The van der Waals surface area contributed by atoms with Crippen LogP contribution in [0.15, 0.2) is 29.4 Å². The van der Waals surface area contributed by atoms with Crippen LogP contribution in [0.25, 0.3) is 0 Å². The first-order valence-corrected chi connectivity index (χ1v) is 2.60. The van der Waals surface area contributed by atoms with Gasteiger partial charge in [0, 0.05) is 18.0 Å². The number of hydrogen-bond donors (Lipinski definition) is 0. The Kier molecular flexibility index (Phi) is 4.32. The first kappa shape index (κ1) is 7.82. The number of aldehydes is 1. The third-order valence-corrected chi connectivity index (χ3v) is 0.744. The van der Waals surface area contributed by atoms with Gasteiger partial charge in [0.05, 0.1) is 0 Å². The molecular formula is C7H9NO. The van der Waals surface area contributed by atoms with E-state index in [0.717, 1.165) is 0 Å². The summed E-state index contributed by atoms with van der Waals surface area (Å²) in [6, 6.07) is 0. The minimum atomic E-state index is 0.494. The number of rotatable bonds is 3. The van der Waals surface area contributed by atoms with Crippen LogP contribution in [0, 0.1) is 0 Å². The van der Waals surface area contributed by atoms with Gasteiger partial charge in [-0.15, -0.1) is 0 Å². The van der Waals surface area contributed by atoms with Crippen LogP contribution >= 0.6 is 0 Å². The molecule has 0 atom stereocenters. The first-order valence-electron chi connectivity index (χ1n) is 2.60. The van der Waals surface area contributed by atoms with Gasteiger partial charge in [-0.25, -0.2) is 0 Å². The van der Waals surface area contributed by atoms with Crippen molar-refractivity contribution in [2.45, 2.75) is 6.92 Å². The van der Waals surface area contributed by atoms with E-state index in [-0.39, 0.29) is 0 Å². The van der Waals surface area contributed by atoms with Gasteiger partial charge in [0.15, 0.2) is 6.29 Å². The van der Waals surface area contributed by atoms with Crippen molar-refractivity contribution < 1.29 is 4.79 Å². The van der Waals surface area contributed by atoms with Crippen molar-refractivity contribution in [1.29, 1.82) is 0 Å². The van der Waals surface area contributed by atoms with E-state index in [4.69, 9.17) is 0 Å². The van der Waals surface area contributed by atoms with E-state index in [9.17, 15) is 4.79 Å². The molecule has 2 heteroatoms. The maximum atomic E-state index is 10.0. The number of carbonyl (C=O) groups is 1. The summed E-state index contributed by atoms with van der Waals surface area (Å²) in [7, 11) is 0. The average molecular weight is 123 g/mol. The van der Waals surface area contributed by atoms with Gasteiger partial charge in [0.25, 0.3) is 0 Å². The zero-order valence-electron chi connectivity index (χ0n) is 5.37. The lowest BCUT2D eigenvalue weighted by Gasteiger charge is -1.80. The van der Waals surface area contributed by atoms with Crippen molar-refractivity contribution in [1.82, 2.24) is 0 Å². The molecule has 0 aliphatic heterocycles. The minimum Gasteiger partial charge on any atom is -0.298 e. The summed E-state index contributed by atoms with van der Waals surface area (Å²) in [4.78, 5) is 13.8. The molecular weight excluding hydrogens is 114 g/mol. The summed E-state index contributed by atoms with van der Waals surface area (Å²) in [6.07, 6.45) is 5.23. The van der Waals surface area contributed by atoms with E-state index >= 15 is 0 Å². The zero-order valence-corrected chi connectivity index (χ0v) is 5.37. The van der Waals surface area contributed by atoms with Crippen LogP contribution in [-0.2, 0) is 4.79 Å². The van der Waals surface area contributed by atoms with Gasteiger partial charge < -0.3 is 0 Å². The second-order valence-corrected chi connectivity index (χ2v) is 1.36. The molecule has 0 N–H and O–H groups in total. The van der Waals surface area contributed by atoms with Gasteiger partial charge in [-0.05, 0) is 6.92 Å². The van der Waals surface area contributed by atoms with Crippen molar-refractivity contribution in [2.24, 2.45) is 4.99 Å². The number of allylic oxidation sites excluding steroid dienone is 2. The van der Waals surface area contributed by atoms with Gasteiger partial charge >= 0.3 is 0 Å². The molecule has 0 spiro atoms. The molecule has 0 aromatic heterocycles. The Balaban J connectivity index is 4.06. The molecule has 9 heavy (non-hydrogen) atoms. The molecule has 2 nitrogen and oxygen atoms in total. The quantitative estimate of drug-likeness (QED) is 0.241. The topological polar surface area (TPSA) is 29.4 Å². The third-order valence-electron chi connectivity index (χ3n) is 0.744. The summed E-state index contributed by atoms with van der Waals surface area (Å²) < 4.78 is 0. The van der Waals surface area contributed by atoms with E-state index in [0.29, 0.717) is 11.9 Å². The maximum Gasteiger partial charge on any atom is 0.151 e. The van der Waals surface area contributed by atoms with Crippen molar-refractivity contribution >= 4 is 12.5 Å². The summed E-state index contributed by atoms with van der Waals surface area (Å²) in [6.45, 7) is 5.19. The van der Waals surface area contributed by atoms with Gasteiger partial charge in [0.2, 0.25) is 0 Å². The predicted octanol–water partition coefficient (Wildman–Crippen LogP) is 1.35. The van der Waals surface area contributed by atoms with Crippen molar-refractivity contribution in [3.05, 3.63) is 24.4 Å². The van der Waals surface area contributed by atoms with E-state index in [1.807, 2.05) is 0 Å². The Hall–Kier alpha value is -1.18. The van der Waals surface area contributed by atoms with Crippen LogP contribution in [0.3, 0.4) is 0 Å². The Bertz CT molecular complexity index is 146. The molecule has 0 aromatic carbocycles. The molecule has 0 radical (unpaired) electrons. The summed E-state index contributed by atoms with van der Waals surface area (Å²) >= 11 is 0. The molecule has 0 rings (SSSR count). The largest absolute Gasteiger partial charge is 0.298 e. The number of hydrogen-bond acceptors (Lipinski definition) is 2. The highest BCUT2D eigenvalue weighted by Crippen LogP contribution is 1.88. The third kappa shape index (κ3) is 3.41. The zero-order chi connectivity index (χ0) is 7.11. The van der Waals surface area contributed by atoms with Crippen LogP contribution in [0.1, 0.15) is 6.92 Å². The Morgan fingerprint density at radius 2 is 2.33 bits per heavy atom. The van der Waals surface area contributed by atoms with Crippen LogP contribution in [0.4, 0.5) is 0 Å². The van der Waals surface area contributed by atoms with Crippen LogP contribution in [-0.4, -0.2) is 12.5 Å². The van der Waals surface area contributed by atoms with E-state index in [1.165, 1.54) is 12.3 Å².